The number of phenols is 1. The maximum absolute atomic E-state index is 10.2. The van der Waals surface area contributed by atoms with Crippen LogP contribution in [-0.4, -0.2) is 40.7 Å². The van der Waals surface area contributed by atoms with E-state index in [9.17, 15) is 15.3 Å². The Morgan fingerprint density at radius 2 is 1.93 bits per heavy atom. The highest BCUT2D eigenvalue weighted by atomic mass is 35.5. The third-order valence-corrected chi connectivity index (χ3v) is 5.71. The van der Waals surface area contributed by atoms with Crippen LogP contribution in [0, 0.1) is 0 Å². The normalized spacial score (nSPS) is 24.5. The molecule has 4 rings (SSSR count). The molecule has 2 aliphatic heterocycles. The lowest BCUT2D eigenvalue weighted by molar-refractivity contribution is -0.114. The number of ether oxygens (including phenoxy) is 2. The van der Waals surface area contributed by atoms with Crippen LogP contribution in [0.25, 0.3) is 0 Å². The van der Waals surface area contributed by atoms with Crippen molar-refractivity contribution >= 4 is 11.6 Å². The summed E-state index contributed by atoms with van der Waals surface area (Å²) in [6.07, 6.45) is 1.12. The molecule has 2 heterocycles. The Balaban J connectivity index is 1.71. The smallest absolute Gasteiger partial charge is 0.141 e. The van der Waals surface area contributed by atoms with Gasteiger partial charge in [0.25, 0.3) is 0 Å². The molecule has 1 fully saturated rings. The Morgan fingerprint density at radius 3 is 2.67 bits per heavy atom. The van der Waals surface area contributed by atoms with Gasteiger partial charge in [0.1, 0.15) is 11.5 Å². The molecule has 0 spiro atoms. The molecule has 6 heteroatoms. The number of benzene rings is 2. The molecule has 5 nitrogen and oxygen atoms in total. The van der Waals surface area contributed by atoms with E-state index in [-0.39, 0.29) is 24.6 Å². The Bertz CT molecular complexity index is 820. The maximum atomic E-state index is 10.2. The predicted octanol–water partition coefficient (Wildman–Crippen LogP) is 3.14. The van der Waals surface area contributed by atoms with Crippen molar-refractivity contribution in [2.45, 2.75) is 44.0 Å². The van der Waals surface area contributed by atoms with Crippen LogP contribution in [0.5, 0.6) is 11.5 Å². The van der Waals surface area contributed by atoms with Crippen LogP contribution < -0.4 is 4.74 Å². The van der Waals surface area contributed by atoms with E-state index in [2.05, 4.69) is 0 Å². The van der Waals surface area contributed by atoms with Gasteiger partial charge in [0.05, 0.1) is 36.5 Å². The topological polar surface area (TPSA) is 79.2 Å². The molecule has 2 aromatic carbocycles. The average molecular weight is 391 g/mol. The number of aliphatic hydroxyl groups excluding tert-OH is 2. The number of halogens is 1. The first-order chi connectivity index (χ1) is 13.0. The number of hydrogen-bond acceptors (Lipinski definition) is 5. The van der Waals surface area contributed by atoms with Gasteiger partial charge in [0.2, 0.25) is 0 Å². The van der Waals surface area contributed by atoms with E-state index in [1.54, 1.807) is 12.1 Å². The van der Waals surface area contributed by atoms with E-state index in [1.807, 2.05) is 18.2 Å². The summed E-state index contributed by atoms with van der Waals surface area (Å²) in [4.78, 5) is 0. The third kappa shape index (κ3) is 3.78. The first-order valence-electron chi connectivity index (χ1n) is 9.24. The fraction of sp³-hybridized carbons (Fsp3) is 0.429. The number of phenolic OH excluding ortho intramolecular Hbond substituents is 1. The quantitative estimate of drug-likeness (QED) is 0.747. The van der Waals surface area contributed by atoms with Crippen molar-refractivity contribution in [3.8, 4) is 11.5 Å². The van der Waals surface area contributed by atoms with Crippen molar-refractivity contribution in [3.63, 3.8) is 0 Å². The zero-order valence-corrected chi connectivity index (χ0v) is 15.7. The molecule has 3 atom stereocenters. The standard InChI is InChI=1S/C21H23ClO5/c22-20-13(7-12-1-3-14(24)4-2-12)8-18(17-5-6-26-21(17)20)19-10-15(25)9-16(11-23)27-19/h1-4,8,15-16,19,23-25H,5-7,9-11H2. The molecule has 0 aromatic heterocycles. The van der Waals surface area contributed by atoms with Crippen LogP contribution in [0.1, 0.15) is 41.2 Å². The molecule has 0 saturated carbocycles. The molecular formula is C21H23ClO5. The van der Waals surface area contributed by atoms with Crippen molar-refractivity contribution < 1.29 is 24.8 Å². The molecular weight excluding hydrogens is 368 g/mol. The minimum atomic E-state index is -0.505. The van der Waals surface area contributed by atoms with Gasteiger partial charge >= 0.3 is 0 Å². The Labute approximate surface area is 163 Å². The van der Waals surface area contributed by atoms with Crippen molar-refractivity contribution in [1.82, 2.24) is 0 Å². The number of rotatable bonds is 4. The van der Waals surface area contributed by atoms with E-state index in [0.29, 0.717) is 36.6 Å². The monoisotopic (exact) mass is 390 g/mol. The summed E-state index contributed by atoms with van der Waals surface area (Å²) >= 11 is 6.63. The van der Waals surface area contributed by atoms with Crippen molar-refractivity contribution in [2.24, 2.45) is 0 Å². The van der Waals surface area contributed by atoms with Crippen molar-refractivity contribution in [1.29, 1.82) is 0 Å². The Hall–Kier alpha value is -1.79. The number of hydrogen-bond donors (Lipinski definition) is 3. The molecule has 144 valence electrons. The molecule has 3 N–H and O–H groups in total. The molecule has 27 heavy (non-hydrogen) atoms. The lowest BCUT2D eigenvalue weighted by Crippen LogP contribution is -2.33. The van der Waals surface area contributed by atoms with Crippen LogP contribution in [0.3, 0.4) is 0 Å². The average Bonchev–Trinajstić information content (AvgIpc) is 3.15. The van der Waals surface area contributed by atoms with Crippen LogP contribution in [-0.2, 0) is 17.6 Å². The number of aliphatic hydroxyl groups is 2. The zero-order chi connectivity index (χ0) is 19.0. The minimum absolute atomic E-state index is 0.111. The second-order valence-corrected chi connectivity index (χ2v) is 7.62. The van der Waals surface area contributed by atoms with Crippen LogP contribution in [0.15, 0.2) is 30.3 Å². The lowest BCUT2D eigenvalue weighted by atomic mass is 9.89. The van der Waals surface area contributed by atoms with Gasteiger partial charge in [-0.2, -0.15) is 0 Å². The zero-order valence-electron chi connectivity index (χ0n) is 14.9. The summed E-state index contributed by atoms with van der Waals surface area (Å²) in [5, 5.41) is 29.8. The highest BCUT2D eigenvalue weighted by Crippen LogP contribution is 2.44. The molecule has 2 aliphatic rings. The second-order valence-electron chi connectivity index (χ2n) is 7.24. The van der Waals surface area contributed by atoms with Crippen molar-refractivity contribution in [2.75, 3.05) is 13.2 Å². The molecule has 0 aliphatic carbocycles. The second kappa shape index (κ2) is 7.68. The fourth-order valence-electron chi connectivity index (χ4n) is 3.97. The number of aromatic hydroxyl groups is 1. The maximum Gasteiger partial charge on any atom is 0.141 e. The molecule has 0 amide bonds. The van der Waals surface area contributed by atoms with E-state index in [0.717, 1.165) is 28.7 Å². The van der Waals surface area contributed by atoms with Crippen LogP contribution in [0.4, 0.5) is 0 Å². The Kier molecular flexibility index (Phi) is 5.28. The third-order valence-electron chi connectivity index (χ3n) is 5.29. The van der Waals surface area contributed by atoms with E-state index in [4.69, 9.17) is 21.1 Å². The Morgan fingerprint density at radius 1 is 1.15 bits per heavy atom. The lowest BCUT2D eigenvalue weighted by Gasteiger charge is -2.33. The summed E-state index contributed by atoms with van der Waals surface area (Å²) in [7, 11) is 0. The highest BCUT2D eigenvalue weighted by molar-refractivity contribution is 6.33. The highest BCUT2D eigenvalue weighted by Gasteiger charge is 2.33. The minimum Gasteiger partial charge on any atom is -0.508 e. The summed E-state index contributed by atoms with van der Waals surface area (Å²) in [5.74, 6) is 0.926. The summed E-state index contributed by atoms with van der Waals surface area (Å²) < 4.78 is 11.8. The fourth-order valence-corrected chi connectivity index (χ4v) is 4.26. The predicted molar refractivity (Wildman–Crippen MR) is 102 cm³/mol. The molecule has 1 saturated heterocycles. The van der Waals surface area contributed by atoms with E-state index in [1.165, 1.54) is 0 Å². The summed E-state index contributed by atoms with van der Waals surface area (Å²) in [6, 6.07) is 9.07. The largest absolute Gasteiger partial charge is 0.508 e. The van der Waals surface area contributed by atoms with Crippen LogP contribution in [0.2, 0.25) is 5.02 Å². The first kappa shape index (κ1) is 18.6. The van der Waals surface area contributed by atoms with Gasteiger partial charge in [0.15, 0.2) is 0 Å². The molecule has 2 aromatic rings. The first-order valence-corrected chi connectivity index (χ1v) is 9.62. The van der Waals surface area contributed by atoms with Crippen LogP contribution >= 0.6 is 11.6 Å². The SMILES string of the molecule is OCC1CC(O)CC(c2cc(Cc3ccc(O)cc3)c(Cl)c3c2CCO3)O1. The molecule has 0 radical (unpaired) electrons. The summed E-state index contributed by atoms with van der Waals surface area (Å²) in [6.45, 7) is 0.462. The van der Waals surface area contributed by atoms with Gasteiger partial charge in [-0.15, -0.1) is 0 Å². The van der Waals surface area contributed by atoms with Gasteiger partial charge in [-0.05, 0) is 35.2 Å². The van der Waals surface area contributed by atoms with E-state index >= 15 is 0 Å². The van der Waals surface area contributed by atoms with Gasteiger partial charge in [-0.1, -0.05) is 29.8 Å². The molecule has 0 bridgehead atoms. The molecule has 3 unspecified atom stereocenters. The summed E-state index contributed by atoms with van der Waals surface area (Å²) in [5.41, 5.74) is 3.96. The van der Waals surface area contributed by atoms with Gasteiger partial charge < -0.3 is 24.8 Å². The van der Waals surface area contributed by atoms with E-state index < -0.39 is 6.10 Å². The number of fused-ring (bicyclic) bond motifs is 1. The van der Waals surface area contributed by atoms with Gasteiger partial charge in [-0.25, -0.2) is 0 Å². The van der Waals surface area contributed by atoms with Gasteiger partial charge in [0, 0.05) is 24.8 Å². The van der Waals surface area contributed by atoms with Gasteiger partial charge in [-0.3, -0.25) is 0 Å². The van der Waals surface area contributed by atoms with Crippen molar-refractivity contribution in [3.05, 3.63) is 57.6 Å².